The van der Waals surface area contributed by atoms with E-state index >= 15 is 0 Å². The quantitative estimate of drug-likeness (QED) is 0.902. The molecule has 18 heavy (non-hydrogen) atoms. The van der Waals surface area contributed by atoms with Crippen molar-refractivity contribution in [1.29, 1.82) is 0 Å². The van der Waals surface area contributed by atoms with Gasteiger partial charge in [-0.3, -0.25) is 0 Å². The van der Waals surface area contributed by atoms with Gasteiger partial charge >= 0.3 is 0 Å². The van der Waals surface area contributed by atoms with E-state index in [0.29, 0.717) is 6.04 Å². The second-order valence-electron chi connectivity index (χ2n) is 4.84. The Hall–Kier alpha value is -0.420. The van der Waals surface area contributed by atoms with E-state index in [2.05, 4.69) is 57.5 Å². The van der Waals surface area contributed by atoms with Crippen LogP contribution in [-0.2, 0) is 11.3 Å². The van der Waals surface area contributed by atoms with Crippen LogP contribution in [0.4, 0.5) is 0 Å². The Morgan fingerprint density at radius 2 is 2.28 bits per heavy atom. The third-order valence-electron chi connectivity index (χ3n) is 3.26. The number of hydrogen-bond acceptors (Lipinski definition) is 3. The van der Waals surface area contributed by atoms with Gasteiger partial charge in [-0.15, -0.1) is 0 Å². The van der Waals surface area contributed by atoms with Crippen molar-refractivity contribution in [1.82, 2.24) is 10.2 Å². The van der Waals surface area contributed by atoms with Crippen LogP contribution in [0.2, 0.25) is 0 Å². The largest absolute Gasteiger partial charge is 0.379 e. The summed E-state index contributed by atoms with van der Waals surface area (Å²) >= 11 is 3.59. The number of morpholine rings is 1. The first-order chi connectivity index (χ1) is 8.75. The normalized spacial score (nSPS) is 20.3. The van der Waals surface area contributed by atoms with Crippen molar-refractivity contribution in [3.05, 3.63) is 34.3 Å². The van der Waals surface area contributed by atoms with Crippen LogP contribution in [-0.4, -0.2) is 44.3 Å². The number of ether oxygens (including phenoxy) is 1. The van der Waals surface area contributed by atoms with Crippen LogP contribution >= 0.6 is 15.9 Å². The van der Waals surface area contributed by atoms with Crippen LogP contribution in [0.25, 0.3) is 0 Å². The topological polar surface area (TPSA) is 24.5 Å². The molecule has 0 aromatic heterocycles. The molecule has 1 aliphatic heterocycles. The van der Waals surface area contributed by atoms with E-state index in [4.69, 9.17) is 4.74 Å². The molecule has 0 bridgehead atoms. The highest BCUT2D eigenvalue weighted by atomic mass is 79.9. The maximum absolute atomic E-state index is 5.46. The molecule has 1 unspecified atom stereocenters. The summed E-state index contributed by atoms with van der Waals surface area (Å²) in [5.74, 6) is 0. The van der Waals surface area contributed by atoms with E-state index in [0.717, 1.165) is 39.3 Å². The predicted molar refractivity (Wildman–Crippen MR) is 77.7 cm³/mol. The standard InChI is InChI=1S/C14H21BrN2O/c1-17(8-6-13-11-18-9-7-16-13)10-12-4-2-3-5-14(12)15/h2-5,13,16H,6-11H2,1H3. The van der Waals surface area contributed by atoms with Crippen molar-refractivity contribution >= 4 is 15.9 Å². The van der Waals surface area contributed by atoms with Gasteiger partial charge in [0.05, 0.1) is 13.2 Å². The zero-order chi connectivity index (χ0) is 12.8. The fraction of sp³-hybridized carbons (Fsp3) is 0.571. The number of halogens is 1. The lowest BCUT2D eigenvalue weighted by atomic mass is 10.1. The summed E-state index contributed by atoms with van der Waals surface area (Å²) in [5, 5.41) is 3.49. The summed E-state index contributed by atoms with van der Waals surface area (Å²) in [6, 6.07) is 8.92. The Labute approximate surface area is 118 Å². The Morgan fingerprint density at radius 3 is 3.00 bits per heavy atom. The van der Waals surface area contributed by atoms with Crippen LogP contribution in [0, 0.1) is 0 Å². The molecule has 1 fully saturated rings. The second-order valence-corrected chi connectivity index (χ2v) is 5.70. The molecule has 4 heteroatoms. The number of rotatable bonds is 5. The number of nitrogens with zero attached hydrogens (tertiary/aromatic N) is 1. The summed E-state index contributed by atoms with van der Waals surface area (Å²) in [4.78, 5) is 2.36. The van der Waals surface area contributed by atoms with E-state index in [9.17, 15) is 0 Å². The molecule has 2 rings (SSSR count). The Kier molecular flexibility index (Phi) is 5.63. The minimum atomic E-state index is 0.514. The first kappa shape index (κ1) is 14.0. The second kappa shape index (κ2) is 7.24. The summed E-state index contributed by atoms with van der Waals surface area (Å²) < 4.78 is 6.65. The average molecular weight is 313 g/mol. The summed E-state index contributed by atoms with van der Waals surface area (Å²) in [6.07, 6.45) is 1.14. The molecule has 0 spiro atoms. The molecule has 0 aliphatic carbocycles. The van der Waals surface area contributed by atoms with E-state index in [1.54, 1.807) is 0 Å². The van der Waals surface area contributed by atoms with Gasteiger partial charge in [0.15, 0.2) is 0 Å². The van der Waals surface area contributed by atoms with Crippen LogP contribution in [0.15, 0.2) is 28.7 Å². The lowest BCUT2D eigenvalue weighted by molar-refractivity contribution is 0.0708. The maximum Gasteiger partial charge on any atom is 0.0620 e. The van der Waals surface area contributed by atoms with Crippen LogP contribution in [0.3, 0.4) is 0 Å². The summed E-state index contributed by atoms with van der Waals surface area (Å²) in [6.45, 7) is 4.75. The van der Waals surface area contributed by atoms with Gasteiger partial charge in [-0.2, -0.15) is 0 Å². The van der Waals surface area contributed by atoms with Crippen molar-refractivity contribution in [2.45, 2.75) is 19.0 Å². The van der Waals surface area contributed by atoms with Crippen molar-refractivity contribution in [3.63, 3.8) is 0 Å². The van der Waals surface area contributed by atoms with Gasteiger partial charge in [0.25, 0.3) is 0 Å². The SMILES string of the molecule is CN(CCC1COCCN1)Cc1ccccc1Br. The van der Waals surface area contributed by atoms with Gasteiger partial charge in [-0.05, 0) is 31.6 Å². The fourth-order valence-corrected chi connectivity index (χ4v) is 2.59. The van der Waals surface area contributed by atoms with E-state index in [-0.39, 0.29) is 0 Å². The minimum absolute atomic E-state index is 0.514. The Balaban J connectivity index is 1.74. The van der Waals surface area contributed by atoms with Crippen molar-refractivity contribution < 1.29 is 4.74 Å². The molecule has 0 amide bonds. The average Bonchev–Trinajstić information content (AvgIpc) is 2.40. The van der Waals surface area contributed by atoms with Gasteiger partial charge in [0.1, 0.15) is 0 Å². The number of hydrogen-bond donors (Lipinski definition) is 1. The highest BCUT2D eigenvalue weighted by molar-refractivity contribution is 9.10. The molecule has 1 aliphatic rings. The third-order valence-corrected chi connectivity index (χ3v) is 4.03. The molecular weight excluding hydrogens is 292 g/mol. The van der Waals surface area contributed by atoms with Crippen molar-refractivity contribution in [3.8, 4) is 0 Å². The number of nitrogens with one attached hydrogen (secondary N) is 1. The maximum atomic E-state index is 5.46. The zero-order valence-electron chi connectivity index (χ0n) is 10.9. The van der Waals surface area contributed by atoms with Gasteiger partial charge in [0.2, 0.25) is 0 Å². The molecular formula is C14H21BrN2O. The first-order valence-corrected chi connectivity index (χ1v) is 7.28. The molecule has 3 nitrogen and oxygen atoms in total. The Bertz CT molecular complexity index is 367. The molecule has 1 N–H and O–H groups in total. The highest BCUT2D eigenvalue weighted by Gasteiger charge is 2.13. The molecule has 1 saturated heterocycles. The van der Waals surface area contributed by atoms with Gasteiger partial charge in [-0.1, -0.05) is 34.1 Å². The monoisotopic (exact) mass is 312 g/mol. The number of benzene rings is 1. The smallest absolute Gasteiger partial charge is 0.0620 e. The fourth-order valence-electron chi connectivity index (χ4n) is 2.18. The lowest BCUT2D eigenvalue weighted by Crippen LogP contribution is -2.42. The zero-order valence-corrected chi connectivity index (χ0v) is 12.4. The first-order valence-electron chi connectivity index (χ1n) is 6.49. The van der Waals surface area contributed by atoms with Crippen LogP contribution < -0.4 is 5.32 Å². The van der Waals surface area contributed by atoms with Crippen LogP contribution in [0.1, 0.15) is 12.0 Å². The van der Waals surface area contributed by atoms with E-state index < -0.39 is 0 Å². The molecule has 100 valence electrons. The molecule has 1 atom stereocenters. The summed E-state index contributed by atoms with van der Waals surface area (Å²) in [7, 11) is 2.17. The van der Waals surface area contributed by atoms with Crippen LogP contribution in [0.5, 0.6) is 0 Å². The Morgan fingerprint density at radius 1 is 1.44 bits per heavy atom. The lowest BCUT2D eigenvalue weighted by Gasteiger charge is -2.26. The molecule has 1 heterocycles. The summed E-state index contributed by atoms with van der Waals surface area (Å²) in [5.41, 5.74) is 1.34. The van der Waals surface area contributed by atoms with Crippen molar-refractivity contribution in [2.24, 2.45) is 0 Å². The molecule has 0 radical (unpaired) electrons. The minimum Gasteiger partial charge on any atom is -0.379 e. The molecule has 1 aromatic carbocycles. The van der Waals surface area contributed by atoms with E-state index in [1.165, 1.54) is 10.0 Å². The van der Waals surface area contributed by atoms with Gasteiger partial charge < -0.3 is 15.0 Å². The van der Waals surface area contributed by atoms with Crippen molar-refractivity contribution in [2.75, 3.05) is 33.4 Å². The predicted octanol–water partition coefficient (Wildman–Crippen LogP) is 2.26. The molecule has 0 saturated carbocycles. The molecule has 1 aromatic rings. The van der Waals surface area contributed by atoms with Gasteiger partial charge in [0, 0.05) is 23.6 Å². The highest BCUT2D eigenvalue weighted by Crippen LogP contribution is 2.17. The van der Waals surface area contributed by atoms with E-state index in [1.807, 2.05) is 0 Å². The van der Waals surface area contributed by atoms with Gasteiger partial charge in [-0.25, -0.2) is 0 Å². The third kappa shape index (κ3) is 4.35.